The molecule has 0 saturated heterocycles. The maximum absolute atomic E-state index is 13.9. The fourth-order valence-corrected chi connectivity index (χ4v) is 2.52. The van der Waals surface area contributed by atoms with E-state index in [1.54, 1.807) is 24.5 Å². The van der Waals surface area contributed by atoms with Gasteiger partial charge in [0.2, 0.25) is 0 Å². The third-order valence-corrected chi connectivity index (χ3v) is 3.72. The summed E-state index contributed by atoms with van der Waals surface area (Å²) < 4.78 is 32.2. The lowest BCUT2D eigenvalue weighted by Gasteiger charge is -2.01. The molecule has 3 heterocycles. The quantitative estimate of drug-likeness (QED) is 0.587. The highest BCUT2D eigenvalue weighted by atomic mass is 19.1. The Bertz CT molecular complexity index is 1090. The smallest absolute Gasteiger partial charge is 0.255 e. The summed E-state index contributed by atoms with van der Waals surface area (Å²) in [5.74, 6) is -1.33. The van der Waals surface area contributed by atoms with E-state index in [0.717, 1.165) is 17.9 Å². The van der Waals surface area contributed by atoms with Crippen LogP contribution in [-0.2, 0) is 6.54 Å². The molecule has 0 spiro atoms. The van der Waals surface area contributed by atoms with Crippen molar-refractivity contribution in [3.05, 3.63) is 65.9 Å². The average Bonchev–Trinajstić information content (AvgIpc) is 3.27. The van der Waals surface area contributed by atoms with E-state index < -0.39 is 17.5 Å². The minimum atomic E-state index is -0.862. The number of benzene rings is 1. The molecule has 9 heteroatoms. The first kappa shape index (κ1) is 15.9. The molecule has 2 N–H and O–H groups in total. The molecule has 7 nitrogen and oxygen atoms in total. The largest absolute Gasteiger partial charge is 0.463 e. The topological polar surface area (TPSA) is 96.7 Å². The van der Waals surface area contributed by atoms with Crippen molar-refractivity contribution in [1.29, 1.82) is 0 Å². The Balaban J connectivity index is 1.51. The fourth-order valence-electron chi connectivity index (χ4n) is 2.52. The Morgan fingerprint density at radius 2 is 2.04 bits per heavy atom. The number of aromatic nitrogens is 4. The van der Waals surface area contributed by atoms with Gasteiger partial charge in [0, 0.05) is 30.1 Å². The first-order valence-electron chi connectivity index (χ1n) is 7.58. The molecule has 0 aliphatic carbocycles. The normalized spacial score (nSPS) is 11.0. The number of furan rings is 1. The van der Waals surface area contributed by atoms with E-state index in [1.807, 2.05) is 0 Å². The van der Waals surface area contributed by atoms with Crippen LogP contribution in [0.25, 0.3) is 22.4 Å². The zero-order chi connectivity index (χ0) is 18.1. The van der Waals surface area contributed by atoms with E-state index in [4.69, 9.17) is 4.42 Å². The number of nitrogens with one attached hydrogen (secondary N) is 2. The van der Waals surface area contributed by atoms with E-state index in [2.05, 4.69) is 25.5 Å². The number of hydrogen-bond donors (Lipinski definition) is 2. The highest BCUT2D eigenvalue weighted by Gasteiger charge is 2.18. The van der Waals surface area contributed by atoms with Crippen molar-refractivity contribution >= 4 is 16.9 Å². The summed E-state index contributed by atoms with van der Waals surface area (Å²) in [4.78, 5) is 20.5. The van der Waals surface area contributed by atoms with Crippen molar-refractivity contribution in [1.82, 2.24) is 25.5 Å². The van der Waals surface area contributed by atoms with Crippen LogP contribution in [0.4, 0.5) is 8.78 Å². The van der Waals surface area contributed by atoms with Gasteiger partial charge in [0.15, 0.2) is 5.82 Å². The molecule has 0 fully saturated rings. The molecule has 4 aromatic rings. The lowest BCUT2D eigenvalue weighted by atomic mass is 10.1. The summed E-state index contributed by atoms with van der Waals surface area (Å²) in [6, 6.07) is 5.23. The monoisotopic (exact) mass is 355 g/mol. The average molecular weight is 355 g/mol. The number of hydrogen-bond acceptors (Lipinski definition) is 5. The van der Waals surface area contributed by atoms with Crippen LogP contribution >= 0.6 is 0 Å². The lowest BCUT2D eigenvalue weighted by molar-refractivity contribution is 0.0950. The summed E-state index contributed by atoms with van der Waals surface area (Å²) in [6.07, 6.45) is 4.33. The number of rotatable bonds is 4. The standard InChI is InChI=1S/C17H11F2N5O2/c18-10-5-12(19)15-11(8-26-13(15)6-10)17(25)21-7-14-22-16(24-23-14)9-1-3-20-4-2-9/h1-6,8H,7H2,(H,21,25)(H,22,23,24). The van der Waals surface area contributed by atoms with Crippen LogP contribution in [0.1, 0.15) is 16.2 Å². The summed E-state index contributed by atoms with van der Waals surface area (Å²) in [5.41, 5.74) is 0.720. The summed E-state index contributed by atoms with van der Waals surface area (Å²) in [6.45, 7) is 0.0480. The van der Waals surface area contributed by atoms with E-state index in [0.29, 0.717) is 17.7 Å². The van der Waals surface area contributed by atoms with Crippen molar-refractivity contribution in [2.24, 2.45) is 0 Å². The summed E-state index contributed by atoms with van der Waals surface area (Å²) >= 11 is 0. The van der Waals surface area contributed by atoms with Crippen molar-refractivity contribution in [2.75, 3.05) is 0 Å². The Labute approximate surface area is 145 Å². The van der Waals surface area contributed by atoms with Gasteiger partial charge in [-0.1, -0.05) is 0 Å². The van der Waals surface area contributed by atoms with E-state index >= 15 is 0 Å². The minimum Gasteiger partial charge on any atom is -0.463 e. The fraction of sp³-hybridized carbons (Fsp3) is 0.0588. The molecule has 3 aromatic heterocycles. The molecule has 0 aliphatic rings. The first-order chi connectivity index (χ1) is 12.6. The minimum absolute atomic E-state index is 0.0219. The van der Waals surface area contributed by atoms with Crippen LogP contribution in [0.2, 0.25) is 0 Å². The van der Waals surface area contributed by atoms with Crippen molar-refractivity contribution in [2.45, 2.75) is 6.54 Å². The highest BCUT2D eigenvalue weighted by Crippen LogP contribution is 2.25. The van der Waals surface area contributed by atoms with E-state index in [9.17, 15) is 13.6 Å². The molecule has 26 heavy (non-hydrogen) atoms. The molecular formula is C17H11F2N5O2. The zero-order valence-corrected chi connectivity index (χ0v) is 13.2. The zero-order valence-electron chi connectivity index (χ0n) is 13.2. The molecule has 0 radical (unpaired) electrons. The number of aromatic amines is 1. The maximum Gasteiger partial charge on any atom is 0.255 e. The molecule has 0 bridgehead atoms. The number of halogens is 2. The van der Waals surface area contributed by atoms with Crippen LogP contribution in [-0.4, -0.2) is 26.1 Å². The van der Waals surface area contributed by atoms with Crippen LogP contribution < -0.4 is 5.32 Å². The van der Waals surface area contributed by atoms with Gasteiger partial charge >= 0.3 is 0 Å². The lowest BCUT2D eigenvalue weighted by Crippen LogP contribution is -2.23. The van der Waals surface area contributed by atoms with Gasteiger partial charge < -0.3 is 9.73 Å². The van der Waals surface area contributed by atoms with Gasteiger partial charge in [0.25, 0.3) is 5.91 Å². The third kappa shape index (κ3) is 2.90. The second kappa shape index (κ2) is 6.36. The van der Waals surface area contributed by atoms with Crippen LogP contribution in [0.15, 0.2) is 47.3 Å². The molecule has 0 saturated carbocycles. The molecule has 0 aliphatic heterocycles. The van der Waals surface area contributed by atoms with E-state index in [-0.39, 0.29) is 23.1 Å². The number of nitrogens with zero attached hydrogens (tertiary/aromatic N) is 3. The number of fused-ring (bicyclic) bond motifs is 1. The molecule has 0 atom stereocenters. The van der Waals surface area contributed by atoms with Gasteiger partial charge in [-0.2, -0.15) is 5.10 Å². The number of amides is 1. The SMILES string of the molecule is O=C(NCc1nc(-c2ccncc2)n[nH]1)c1coc2cc(F)cc(F)c12. The second-order valence-corrected chi connectivity index (χ2v) is 5.43. The van der Waals surface area contributed by atoms with Gasteiger partial charge in [0.05, 0.1) is 17.5 Å². The Hall–Kier alpha value is -3.62. The van der Waals surface area contributed by atoms with Gasteiger partial charge in [0.1, 0.15) is 29.3 Å². The number of pyridine rings is 1. The first-order valence-corrected chi connectivity index (χ1v) is 7.58. The molecular weight excluding hydrogens is 344 g/mol. The highest BCUT2D eigenvalue weighted by molar-refractivity contribution is 6.06. The molecule has 1 amide bonds. The number of H-pyrrole nitrogens is 1. The van der Waals surface area contributed by atoms with Gasteiger partial charge in [-0.3, -0.25) is 14.9 Å². The summed E-state index contributed by atoms with van der Waals surface area (Å²) in [5, 5.41) is 9.31. The van der Waals surface area contributed by atoms with Crippen molar-refractivity contribution < 1.29 is 18.0 Å². The van der Waals surface area contributed by atoms with Gasteiger partial charge in [-0.15, -0.1) is 0 Å². The predicted molar refractivity (Wildman–Crippen MR) is 86.9 cm³/mol. The number of carbonyl (C=O) groups excluding carboxylic acids is 1. The van der Waals surface area contributed by atoms with Gasteiger partial charge in [-0.25, -0.2) is 13.8 Å². The molecule has 130 valence electrons. The maximum atomic E-state index is 13.9. The molecule has 1 aromatic carbocycles. The summed E-state index contributed by atoms with van der Waals surface area (Å²) in [7, 11) is 0. The van der Waals surface area contributed by atoms with Crippen molar-refractivity contribution in [3.63, 3.8) is 0 Å². The van der Waals surface area contributed by atoms with Crippen LogP contribution in [0.5, 0.6) is 0 Å². The predicted octanol–water partition coefficient (Wildman–Crippen LogP) is 2.82. The third-order valence-electron chi connectivity index (χ3n) is 3.72. The number of carbonyl (C=O) groups is 1. The molecule has 0 unspecified atom stereocenters. The Morgan fingerprint density at radius 1 is 1.23 bits per heavy atom. The van der Waals surface area contributed by atoms with Gasteiger partial charge in [-0.05, 0) is 12.1 Å². The van der Waals surface area contributed by atoms with Crippen LogP contribution in [0.3, 0.4) is 0 Å². The Morgan fingerprint density at radius 3 is 2.85 bits per heavy atom. The van der Waals surface area contributed by atoms with E-state index in [1.165, 1.54) is 0 Å². The Kier molecular flexibility index (Phi) is 3.88. The second-order valence-electron chi connectivity index (χ2n) is 5.43. The van der Waals surface area contributed by atoms with Crippen molar-refractivity contribution in [3.8, 4) is 11.4 Å². The van der Waals surface area contributed by atoms with Crippen LogP contribution in [0, 0.1) is 11.6 Å². The molecule has 4 rings (SSSR count).